The maximum absolute atomic E-state index is 13.5. The standard InChI is InChI=1S/C23H24BrFN2O/c1-17(2)14-27(23(28)19-8-10-20(24)11-9-19)16-22-7-4-12-26(22)15-18-5-3-6-21(25)13-18/h3-13,17H,14-16H2,1-2H3. The van der Waals surface area contributed by atoms with Gasteiger partial charge in [0.2, 0.25) is 0 Å². The van der Waals surface area contributed by atoms with Crippen LogP contribution in [-0.2, 0) is 13.1 Å². The van der Waals surface area contributed by atoms with Gasteiger partial charge in [-0.2, -0.15) is 0 Å². The molecule has 146 valence electrons. The van der Waals surface area contributed by atoms with Crippen LogP contribution in [0.15, 0.2) is 71.3 Å². The van der Waals surface area contributed by atoms with E-state index in [1.165, 1.54) is 6.07 Å². The van der Waals surface area contributed by atoms with E-state index in [-0.39, 0.29) is 11.7 Å². The van der Waals surface area contributed by atoms with Crippen LogP contribution in [0, 0.1) is 11.7 Å². The van der Waals surface area contributed by atoms with Crippen LogP contribution in [0.25, 0.3) is 0 Å². The molecule has 0 unspecified atom stereocenters. The minimum absolute atomic E-state index is 0.0136. The van der Waals surface area contributed by atoms with Crippen molar-refractivity contribution in [2.75, 3.05) is 6.54 Å². The van der Waals surface area contributed by atoms with Gasteiger partial charge in [0.15, 0.2) is 0 Å². The maximum atomic E-state index is 13.5. The summed E-state index contributed by atoms with van der Waals surface area (Å²) in [4.78, 5) is 15.0. The fourth-order valence-corrected chi connectivity index (χ4v) is 3.47. The van der Waals surface area contributed by atoms with Crippen molar-refractivity contribution in [3.63, 3.8) is 0 Å². The molecule has 0 atom stereocenters. The van der Waals surface area contributed by atoms with Crippen molar-refractivity contribution in [1.29, 1.82) is 0 Å². The molecule has 1 amide bonds. The molecule has 3 rings (SSSR count). The van der Waals surface area contributed by atoms with Gasteiger partial charge in [-0.1, -0.05) is 41.9 Å². The highest BCUT2D eigenvalue weighted by Gasteiger charge is 2.19. The molecule has 2 aromatic carbocycles. The Balaban J connectivity index is 1.81. The highest BCUT2D eigenvalue weighted by Crippen LogP contribution is 2.17. The van der Waals surface area contributed by atoms with Gasteiger partial charge >= 0.3 is 0 Å². The molecule has 1 heterocycles. The molecule has 0 N–H and O–H groups in total. The van der Waals surface area contributed by atoms with Gasteiger partial charge in [0, 0.05) is 35.0 Å². The molecule has 0 saturated heterocycles. The van der Waals surface area contributed by atoms with Gasteiger partial charge < -0.3 is 9.47 Å². The first kappa shape index (κ1) is 20.3. The molecule has 3 nitrogen and oxygen atoms in total. The van der Waals surface area contributed by atoms with Crippen molar-refractivity contribution in [2.24, 2.45) is 5.92 Å². The molecular weight excluding hydrogens is 419 g/mol. The molecule has 0 aliphatic carbocycles. The number of halogens is 2. The molecule has 0 saturated carbocycles. The Morgan fingerprint density at radius 2 is 1.86 bits per heavy atom. The van der Waals surface area contributed by atoms with Crippen molar-refractivity contribution in [3.05, 3.63) is 94.0 Å². The normalized spacial score (nSPS) is 11.0. The fourth-order valence-electron chi connectivity index (χ4n) is 3.21. The zero-order valence-electron chi connectivity index (χ0n) is 16.1. The van der Waals surface area contributed by atoms with Crippen molar-refractivity contribution >= 4 is 21.8 Å². The van der Waals surface area contributed by atoms with Crippen LogP contribution < -0.4 is 0 Å². The molecule has 0 fully saturated rings. The lowest BCUT2D eigenvalue weighted by Gasteiger charge is -2.25. The van der Waals surface area contributed by atoms with Crippen LogP contribution in [0.1, 0.15) is 35.5 Å². The molecule has 0 spiro atoms. The predicted molar refractivity (Wildman–Crippen MR) is 114 cm³/mol. The number of amides is 1. The summed E-state index contributed by atoms with van der Waals surface area (Å²) in [5, 5.41) is 0. The van der Waals surface area contributed by atoms with Gasteiger partial charge in [-0.25, -0.2) is 4.39 Å². The summed E-state index contributed by atoms with van der Waals surface area (Å²) >= 11 is 3.41. The summed E-state index contributed by atoms with van der Waals surface area (Å²) in [7, 11) is 0. The minimum Gasteiger partial charge on any atom is -0.345 e. The minimum atomic E-state index is -0.238. The summed E-state index contributed by atoms with van der Waals surface area (Å²) < 4.78 is 16.5. The Labute approximate surface area is 173 Å². The third-order valence-corrected chi connectivity index (χ3v) is 5.01. The van der Waals surface area contributed by atoms with E-state index in [4.69, 9.17) is 0 Å². The van der Waals surface area contributed by atoms with Crippen LogP contribution >= 0.6 is 15.9 Å². The third-order valence-electron chi connectivity index (χ3n) is 4.48. The summed E-state index contributed by atoms with van der Waals surface area (Å²) in [6.45, 7) is 5.96. The molecule has 0 bridgehead atoms. The number of nitrogens with zero attached hydrogens (tertiary/aromatic N) is 2. The molecule has 0 aliphatic heterocycles. The Morgan fingerprint density at radius 1 is 1.11 bits per heavy atom. The molecule has 5 heteroatoms. The zero-order chi connectivity index (χ0) is 20.1. The quantitative estimate of drug-likeness (QED) is 0.458. The molecule has 1 aromatic heterocycles. The topological polar surface area (TPSA) is 25.2 Å². The fraction of sp³-hybridized carbons (Fsp3) is 0.261. The highest BCUT2D eigenvalue weighted by molar-refractivity contribution is 9.10. The molecule has 3 aromatic rings. The van der Waals surface area contributed by atoms with Gasteiger partial charge in [0.1, 0.15) is 5.82 Å². The van der Waals surface area contributed by atoms with Crippen molar-refractivity contribution in [3.8, 4) is 0 Å². The summed E-state index contributed by atoms with van der Waals surface area (Å²) in [5.74, 6) is 0.129. The number of benzene rings is 2. The lowest BCUT2D eigenvalue weighted by Crippen LogP contribution is -2.34. The summed E-state index contributed by atoms with van der Waals surface area (Å²) in [5.41, 5.74) is 2.59. The zero-order valence-corrected chi connectivity index (χ0v) is 17.7. The Bertz CT molecular complexity index is 934. The van der Waals surface area contributed by atoms with E-state index in [1.807, 2.05) is 53.6 Å². The first-order valence-corrected chi connectivity index (χ1v) is 10.1. The van der Waals surface area contributed by atoms with E-state index < -0.39 is 0 Å². The van der Waals surface area contributed by atoms with E-state index in [1.54, 1.807) is 12.1 Å². The van der Waals surface area contributed by atoms with Crippen LogP contribution in [-0.4, -0.2) is 21.9 Å². The van der Waals surface area contributed by atoms with Gasteiger partial charge in [-0.3, -0.25) is 4.79 Å². The average Bonchev–Trinajstić information content (AvgIpc) is 3.07. The van der Waals surface area contributed by atoms with Crippen LogP contribution in [0.2, 0.25) is 0 Å². The molecule has 0 radical (unpaired) electrons. The van der Waals surface area contributed by atoms with E-state index in [0.717, 1.165) is 15.7 Å². The first-order chi connectivity index (χ1) is 13.4. The van der Waals surface area contributed by atoms with Crippen molar-refractivity contribution in [2.45, 2.75) is 26.9 Å². The Hall–Kier alpha value is -2.40. The van der Waals surface area contributed by atoms with Crippen LogP contribution in [0.3, 0.4) is 0 Å². The second-order valence-corrected chi connectivity index (χ2v) is 8.26. The lowest BCUT2D eigenvalue weighted by atomic mass is 10.1. The Kier molecular flexibility index (Phi) is 6.68. The summed E-state index contributed by atoms with van der Waals surface area (Å²) in [6, 6.07) is 18.0. The van der Waals surface area contributed by atoms with Crippen LogP contribution in [0.4, 0.5) is 4.39 Å². The SMILES string of the molecule is CC(C)CN(Cc1cccn1Cc1cccc(F)c1)C(=O)c1ccc(Br)cc1. The number of carbonyl (C=O) groups is 1. The smallest absolute Gasteiger partial charge is 0.254 e. The average molecular weight is 443 g/mol. The number of aromatic nitrogens is 1. The molecular formula is C23H24BrFN2O. The first-order valence-electron chi connectivity index (χ1n) is 9.35. The van der Waals surface area contributed by atoms with Gasteiger partial charge in [0.05, 0.1) is 6.54 Å². The third kappa shape index (κ3) is 5.32. The van der Waals surface area contributed by atoms with Gasteiger partial charge in [0.25, 0.3) is 5.91 Å². The van der Waals surface area contributed by atoms with Gasteiger partial charge in [-0.05, 0) is 60.0 Å². The monoisotopic (exact) mass is 442 g/mol. The lowest BCUT2D eigenvalue weighted by molar-refractivity contribution is 0.0718. The molecule has 0 aliphatic rings. The number of hydrogen-bond acceptors (Lipinski definition) is 1. The number of hydrogen-bond donors (Lipinski definition) is 0. The van der Waals surface area contributed by atoms with Crippen molar-refractivity contribution < 1.29 is 9.18 Å². The second kappa shape index (κ2) is 9.20. The van der Waals surface area contributed by atoms with Gasteiger partial charge in [-0.15, -0.1) is 0 Å². The predicted octanol–water partition coefficient (Wildman–Crippen LogP) is 5.74. The number of carbonyl (C=O) groups excluding carboxylic acids is 1. The van der Waals surface area contributed by atoms with Crippen LogP contribution in [0.5, 0.6) is 0 Å². The van der Waals surface area contributed by atoms with E-state index in [0.29, 0.717) is 31.1 Å². The Morgan fingerprint density at radius 3 is 2.54 bits per heavy atom. The largest absolute Gasteiger partial charge is 0.345 e. The van der Waals surface area contributed by atoms with E-state index in [2.05, 4.69) is 34.3 Å². The van der Waals surface area contributed by atoms with E-state index >= 15 is 0 Å². The van der Waals surface area contributed by atoms with E-state index in [9.17, 15) is 9.18 Å². The molecule has 28 heavy (non-hydrogen) atoms. The number of rotatable bonds is 7. The second-order valence-electron chi connectivity index (χ2n) is 7.34. The highest BCUT2D eigenvalue weighted by atomic mass is 79.9. The van der Waals surface area contributed by atoms with Crippen molar-refractivity contribution in [1.82, 2.24) is 9.47 Å². The maximum Gasteiger partial charge on any atom is 0.254 e. The summed E-state index contributed by atoms with van der Waals surface area (Å²) in [6.07, 6.45) is 1.97.